The van der Waals surface area contributed by atoms with Gasteiger partial charge in [0.05, 0.1) is 12.2 Å². The summed E-state index contributed by atoms with van der Waals surface area (Å²) in [7, 11) is 0. The number of nitrogens with zero attached hydrogens (tertiary/aromatic N) is 1. The minimum Gasteiger partial charge on any atom is -0.481 e. The standard InChI is InChI=1S/C22H25NO6/c1-12(2)11-29-17(24)10-9-15-7-5-6-8-16(15)20-18(21(25)26)13(3)23-14(4)19(20)22(27)28/h5-10,12,18,20H,11H2,1-4H3,(H,25,26)(H,27,28). The normalized spacial score (nSPS) is 19.4. The maximum absolute atomic E-state index is 12.0. The summed E-state index contributed by atoms with van der Waals surface area (Å²) < 4.78 is 5.12. The van der Waals surface area contributed by atoms with E-state index >= 15 is 0 Å². The molecule has 0 aromatic heterocycles. The van der Waals surface area contributed by atoms with Crippen LogP contribution in [0, 0.1) is 11.8 Å². The fourth-order valence-electron chi connectivity index (χ4n) is 3.37. The number of ether oxygens (including phenoxy) is 1. The number of aliphatic imine (C=N–C) groups is 1. The Bertz CT molecular complexity index is 910. The lowest BCUT2D eigenvalue weighted by Gasteiger charge is -2.30. The number of benzene rings is 1. The second-order valence-corrected chi connectivity index (χ2v) is 7.34. The van der Waals surface area contributed by atoms with Crippen LogP contribution in [0.25, 0.3) is 6.08 Å². The van der Waals surface area contributed by atoms with Gasteiger partial charge in [-0.05, 0) is 37.0 Å². The second-order valence-electron chi connectivity index (χ2n) is 7.34. The smallest absolute Gasteiger partial charge is 0.334 e. The molecule has 0 bridgehead atoms. The molecule has 1 aliphatic heterocycles. The maximum Gasteiger partial charge on any atom is 0.334 e. The number of carbonyl (C=O) groups excluding carboxylic acids is 1. The third-order valence-corrected chi connectivity index (χ3v) is 4.61. The SMILES string of the molecule is CC1=NC(C)=C(C(=O)O)C(c2ccccc2C=CC(=O)OCC(C)C)C1C(=O)O. The van der Waals surface area contributed by atoms with Gasteiger partial charge >= 0.3 is 17.9 Å². The van der Waals surface area contributed by atoms with Crippen LogP contribution in [0.5, 0.6) is 0 Å². The van der Waals surface area contributed by atoms with Crippen molar-refractivity contribution >= 4 is 29.7 Å². The molecule has 1 heterocycles. The molecule has 29 heavy (non-hydrogen) atoms. The van der Waals surface area contributed by atoms with Gasteiger partial charge in [0.1, 0.15) is 5.92 Å². The molecule has 2 unspecified atom stereocenters. The van der Waals surface area contributed by atoms with Gasteiger partial charge < -0.3 is 14.9 Å². The van der Waals surface area contributed by atoms with Crippen molar-refractivity contribution in [3.63, 3.8) is 0 Å². The monoisotopic (exact) mass is 399 g/mol. The zero-order chi connectivity index (χ0) is 21.7. The number of esters is 1. The van der Waals surface area contributed by atoms with Crippen LogP contribution in [0.2, 0.25) is 0 Å². The van der Waals surface area contributed by atoms with Crippen molar-refractivity contribution in [1.82, 2.24) is 0 Å². The van der Waals surface area contributed by atoms with Gasteiger partial charge in [0, 0.05) is 23.4 Å². The van der Waals surface area contributed by atoms with E-state index in [2.05, 4.69) is 4.99 Å². The van der Waals surface area contributed by atoms with Gasteiger partial charge in [0.2, 0.25) is 0 Å². The molecule has 2 atom stereocenters. The first-order chi connectivity index (χ1) is 13.6. The van der Waals surface area contributed by atoms with Crippen LogP contribution in [-0.4, -0.2) is 40.4 Å². The molecule has 0 aliphatic carbocycles. The molecule has 0 fully saturated rings. The highest BCUT2D eigenvalue weighted by Crippen LogP contribution is 2.40. The molecular weight excluding hydrogens is 374 g/mol. The lowest BCUT2D eigenvalue weighted by Crippen LogP contribution is -2.35. The summed E-state index contributed by atoms with van der Waals surface area (Å²) in [5.41, 5.74) is 1.59. The highest BCUT2D eigenvalue weighted by Gasteiger charge is 2.41. The number of aliphatic carboxylic acids is 2. The number of carboxylic acid groups (broad SMARTS) is 2. The van der Waals surface area contributed by atoms with Crippen molar-refractivity contribution in [2.24, 2.45) is 16.8 Å². The van der Waals surface area contributed by atoms with Gasteiger partial charge in [0.25, 0.3) is 0 Å². The van der Waals surface area contributed by atoms with Gasteiger partial charge in [-0.1, -0.05) is 38.1 Å². The van der Waals surface area contributed by atoms with Crippen LogP contribution in [0.15, 0.2) is 46.6 Å². The summed E-state index contributed by atoms with van der Waals surface area (Å²) >= 11 is 0. The molecule has 2 rings (SSSR count). The first kappa shape index (κ1) is 22.1. The predicted molar refractivity (Wildman–Crippen MR) is 109 cm³/mol. The Kier molecular flexibility index (Phi) is 7.09. The van der Waals surface area contributed by atoms with Crippen molar-refractivity contribution in [2.45, 2.75) is 33.6 Å². The number of rotatable bonds is 7. The van der Waals surface area contributed by atoms with Gasteiger partial charge in [-0.15, -0.1) is 0 Å². The number of carbonyl (C=O) groups is 3. The van der Waals surface area contributed by atoms with Crippen LogP contribution >= 0.6 is 0 Å². The van der Waals surface area contributed by atoms with E-state index in [9.17, 15) is 24.6 Å². The molecule has 7 nitrogen and oxygen atoms in total. The van der Waals surface area contributed by atoms with Crippen LogP contribution < -0.4 is 0 Å². The topological polar surface area (TPSA) is 113 Å². The lowest BCUT2D eigenvalue weighted by molar-refractivity contribution is -0.140. The third kappa shape index (κ3) is 5.19. The molecule has 0 spiro atoms. The van der Waals surface area contributed by atoms with E-state index in [1.165, 1.54) is 12.2 Å². The molecule has 1 aromatic carbocycles. The Morgan fingerprint density at radius 3 is 2.41 bits per heavy atom. The number of hydrogen-bond donors (Lipinski definition) is 2. The molecule has 0 amide bonds. The summed E-state index contributed by atoms with van der Waals surface area (Å²) in [5, 5.41) is 19.5. The van der Waals surface area contributed by atoms with Gasteiger partial charge in [0.15, 0.2) is 0 Å². The van der Waals surface area contributed by atoms with Crippen molar-refractivity contribution in [3.05, 3.63) is 52.7 Å². The fourth-order valence-corrected chi connectivity index (χ4v) is 3.37. The average Bonchev–Trinajstić information content (AvgIpc) is 2.63. The molecule has 0 saturated carbocycles. The minimum absolute atomic E-state index is 0.0637. The molecule has 7 heteroatoms. The molecule has 154 valence electrons. The van der Waals surface area contributed by atoms with Gasteiger partial charge in [-0.2, -0.15) is 0 Å². The Morgan fingerprint density at radius 1 is 1.17 bits per heavy atom. The molecule has 0 saturated heterocycles. The summed E-state index contributed by atoms with van der Waals surface area (Å²) in [6.45, 7) is 7.27. The average molecular weight is 399 g/mol. The molecule has 2 N–H and O–H groups in total. The Morgan fingerprint density at radius 2 is 1.83 bits per heavy atom. The van der Waals surface area contributed by atoms with Crippen LogP contribution in [-0.2, 0) is 19.1 Å². The summed E-state index contributed by atoms with van der Waals surface area (Å²) in [4.78, 5) is 40.0. The van der Waals surface area contributed by atoms with Crippen LogP contribution in [0.4, 0.5) is 0 Å². The predicted octanol–water partition coefficient (Wildman–Crippen LogP) is 3.52. The number of hydrogen-bond acceptors (Lipinski definition) is 5. The van der Waals surface area contributed by atoms with Crippen molar-refractivity contribution in [3.8, 4) is 0 Å². The van der Waals surface area contributed by atoms with E-state index in [1.54, 1.807) is 38.1 Å². The number of carboxylic acids is 2. The number of allylic oxidation sites excluding steroid dienone is 1. The second kappa shape index (κ2) is 9.32. The van der Waals surface area contributed by atoms with E-state index < -0.39 is 29.7 Å². The van der Waals surface area contributed by atoms with E-state index in [0.717, 1.165) is 0 Å². The lowest BCUT2D eigenvalue weighted by atomic mass is 9.74. The zero-order valence-electron chi connectivity index (χ0n) is 16.9. The fraction of sp³-hybridized carbons (Fsp3) is 0.364. The van der Waals surface area contributed by atoms with E-state index in [0.29, 0.717) is 16.8 Å². The van der Waals surface area contributed by atoms with E-state index in [1.807, 2.05) is 13.8 Å². The minimum atomic E-state index is -1.22. The Balaban J connectivity index is 2.51. The van der Waals surface area contributed by atoms with Crippen molar-refractivity contribution in [2.75, 3.05) is 6.61 Å². The highest BCUT2D eigenvalue weighted by atomic mass is 16.5. The zero-order valence-corrected chi connectivity index (χ0v) is 16.9. The highest BCUT2D eigenvalue weighted by molar-refractivity contribution is 6.06. The van der Waals surface area contributed by atoms with Gasteiger partial charge in [-0.25, -0.2) is 9.59 Å². The van der Waals surface area contributed by atoms with Crippen molar-refractivity contribution < 1.29 is 29.3 Å². The Hall–Kier alpha value is -3.22. The maximum atomic E-state index is 12.0. The third-order valence-electron chi connectivity index (χ3n) is 4.61. The molecule has 1 aromatic rings. The first-order valence-corrected chi connectivity index (χ1v) is 9.29. The van der Waals surface area contributed by atoms with Crippen molar-refractivity contribution in [1.29, 1.82) is 0 Å². The molecular formula is C22H25NO6. The largest absolute Gasteiger partial charge is 0.481 e. The summed E-state index contributed by atoms with van der Waals surface area (Å²) in [6.07, 6.45) is 2.78. The Labute approximate surface area is 169 Å². The van der Waals surface area contributed by atoms with Crippen LogP contribution in [0.3, 0.4) is 0 Å². The van der Waals surface area contributed by atoms with Gasteiger partial charge in [-0.3, -0.25) is 9.79 Å². The van der Waals surface area contributed by atoms with Crippen LogP contribution in [0.1, 0.15) is 44.7 Å². The quantitative estimate of drug-likeness (QED) is 0.536. The molecule has 1 aliphatic rings. The summed E-state index contributed by atoms with van der Waals surface area (Å²) in [6, 6.07) is 6.82. The molecule has 0 radical (unpaired) electrons. The van der Waals surface area contributed by atoms with E-state index in [-0.39, 0.29) is 23.8 Å². The summed E-state index contributed by atoms with van der Waals surface area (Å²) in [5.74, 6) is -4.74. The van der Waals surface area contributed by atoms with E-state index in [4.69, 9.17) is 4.74 Å². The first-order valence-electron chi connectivity index (χ1n) is 9.29.